The van der Waals surface area contributed by atoms with Gasteiger partial charge in [-0.05, 0) is 19.1 Å². The first-order valence-electron chi connectivity index (χ1n) is 6.98. The van der Waals surface area contributed by atoms with Crippen LogP contribution in [0.15, 0.2) is 22.8 Å². The first-order valence-corrected chi connectivity index (χ1v) is 6.98. The molecule has 2 rings (SSSR count). The lowest BCUT2D eigenvalue weighted by Gasteiger charge is -2.20. The molecule has 110 valence electrons. The van der Waals surface area contributed by atoms with Gasteiger partial charge in [0.1, 0.15) is 11.6 Å². The van der Waals surface area contributed by atoms with Crippen LogP contribution in [0, 0.1) is 6.92 Å². The predicted molar refractivity (Wildman–Crippen MR) is 80.7 cm³/mol. The fraction of sp³-hybridized carbons (Fsp3) is 0.533. The molecule has 0 aromatic carbocycles. The Labute approximate surface area is 120 Å². The van der Waals surface area contributed by atoms with Crippen LogP contribution in [0.2, 0.25) is 0 Å². The first kappa shape index (κ1) is 14.7. The highest BCUT2D eigenvalue weighted by Crippen LogP contribution is 2.23. The minimum Gasteiger partial charge on any atom is -0.467 e. The van der Waals surface area contributed by atoms with Crippen molar-refractivity contribution in [1.82, 2.24) is 15.1 Å². The number of nitrogens with zero attached hydrogens (tertiary/aromatic N) is 3. The summed E-state index contributed by atoms with van der Waals surface area (Å²) in [6.45, 7) is 7.92. The van der Waals surface area contributed by atoms with E-state index < -0.39 is 0 Å². The van der Waals surface area contributed by atoms with Crippen LogP contribution >= 0.6 is 0 Å². The Kier molecular flexibility index (Phi) is 4.49. The van der Waals surface area contributed by atoms with E-state index in [9.17, 15) is 0 Å². The number of hydrogen-bond acceptors (Lipinski definition) is 4. The molecule has 0 fully saturated rings. The highest BCUT2D eigenvalue weighted by atomic mass is 16.3. The summed E-state index contributed by atoms with van der Waals surface area (Å²) in [5.74, 6) is 2.08. The zero-order chi connectivity index (χ0) is 14.7. The van der Waals surface area contributed by atoms with Gasteiger partial charge in [-0.2, -0.15) is 5.10 Å². The van der Waals surface area contributed by atoms with Crippen LogP contribution in [0.4, 0.5) is 5.82 Å². The number of anilines is 1. The summed E-state index contributed by atoms with van der Waals surface area (Å²) in [4.78, 5) is 2.18. The number of nitrogens with one attached hydrogen (secondary N) is 1. The average molecular weight is 276 g/mol. The standard InChI is InChI=1S/C15H24N4O/c1-11(2)16-9-14-12(3)17-19(5)15(14)18(4)10-13-7-6-8-20-13/h6-8,11,16H,9-10H2,1-5H3. The van der Waals surface area contributed by atoms with Gasteiger partial charge in [0.2, 0.25) is 0 Å². The summed E-state index contributed by atoms with van der Waals surface area (Å²) < 4.78 is 7.36. The first-order chi connectivity index (χ1) is 9.49. The van der Waals surface area contributed by atoms with E-state index in [0.717, 1.165) is 30.4 Å². The molecule has 20 heavy (non-hydrogen) atoms. The van der Waals surface area contributed by atoms with E-state index in [0.29, 0.717) is 6.04 Å². The van der Waals surface area contributed by atoms with Crippen molar-refractivity contribution in [2.45, 2.75) is 39.9 Å². The second-order valence-electron chi connectivity index (χ2n) is 5.48. The van der Waals surface area contributed by atoms with E-state index in [1.807, 2.05) is 23.9 Å². The molecule has 0 saturated carbocycles. The molecular formula is C15H24N4O. The van der Waals surface area contributed by atoms with E-state index in [1.165, 1.54) is 5.56 Å². The largest absolute Gasteiger partial charge is 0.467 e. The van der Waals surface area contributed by atoms with Crippen molar-refractivity contribution in [3.05, 3.63) is 35.4 Å². The SMILES string of the molecule is Cc1nn(C)c(N(C)Cc2ccco2)c1CNC(C)C. The van der Waals surface area contributed by atoms with Crippen molar-refractivity contribution in [2.24, 2.45) is 7.05 Å². The molecule has 0 spiro atoms. The van der Waals surface area contributed by atoms with Gasteiger partial charge in [0.25, 0.3) is 0 Å². The molecule has 0 atom stereocenters. The predicted octanol–water partition coefficient (Wildman–Crippen LogP) is 2.46. The van der Waals surface area contributed by atoms with Gasteiger partial charge in [-0.3, -0.25) is 4.68 Å². The molecule has 2 aromatic heterocycles. The highest BCUT2D eigenvalue weighted by Gasteiger charge is 2.17. The third-order valence-corrected chi connectivity index (χ3v) is 3.33. The number of aryl methyl sites for hydroxylation is 2. The summed E-state index contributed by atoms with van der Waals surface area (Å²) in [7, 11) is 4.05. The maximum absolute atomic E-state index is 5.42. The molecule has 0 radical (unpaired) electrons. The van der Waals surface area contributed by atoms with Crippen molar-refractivity contribution in [2.75, 3.05) is 11.9 Å². The van der Waals surface area contributed by atoms with Gasteiger partial charge in [-0.25, -0.2) is 0 Å². The molecular weight excluding hydrogens is 252 g/mol. The number of hydrogen-bond donors (Lipinski definition) is 1. The smallest absolute Gasteiger partial charge is 0.131 e. The molecule has 0 aliphatic rings. The maximum atomic E-state index is 5.42. The van der Waals surface area contributed by atoms with Gasteiger partial charge < -0.3 is 14.6 Å². The topological polar surface area (TPSA) is 46.2 Å². The van der Waals surface area contributed by atoms with E-state index in [2.05, 4.69) is 43.1 Å². The van der Waals surface area contributed by atoms with Gasteiger partial charge in [-0.1, -0.05) is 13.8 Å². The zero-order valence-electron chi connectivity index (χ0n) is 13.0. The Morgan fingerprint density at radius 3 is 2.80 bits per heavy atom. The quantitative estimate of drug-likeness (QED) is 0.880. The Morgan fingerprint density at radius 1 is 1.45 bits per heavy atom. The van der Waals surface area contributed by atoms with E-state index in [1.54, 1.807) is 6.26 Å². The van der Waals surface area contributed by atoms with E-state index >= 15 is 0 Å². The minimum absolute atomic E-state index is 0.456. The molecule has 0 bridgehead atoms. The van der Waals surface area contributed by atoms with Crippen molar-refractivity contribution in [1.29, 1.82) is 0 Å². The fourth-order valence-corrected chi connectivity index (χ4v) is 2.39. The van der Waals surface area contributed by atoms with E-state index in [-0.39, 0.29) is 0 Å². The molecule has 0 saturated heterocycles. The molecule has 5 heteroatoms. The lowest BCUT2D eigenvalue weighted by atomic mass is 10.2. The van der Waals surface area contributed by atoms with Gasteiger partial charge in [0.15, 0.2) is 0 Å². The Bertz CT molecular complexity index is 542. The van der Waals surface area contributed by atoms with Crippen LogP contribution in [0.25, 0.3) is 0 Å². The Balaban J connectivity index is 2.20. The van der Waals surface area contributed by atoms with Crippen molar-refractivity contribution >= 4 is 5.82 Å². The normalized spacial score (nSPS) is 11.3. The van der Waals surface area contributed by atoms with Gasteiger partial charge in [0.05, 0.1) is 18.5 Å². The lowest BCUT2D eigenvalue weighted by Crippen LogP contribution is -2.25. The zero-order valence-corrected chi connectivity index (χ0v) is 13.0. The van der Waals surface area contributed by atoms with Crippen LogP contribution in [-0.2, 0) is 20.1 Å². The Hall–Kier alpha value is -1.75. The summed E-state index contributed by atoms with van der Waals surface area (Å²) in [6, 6.07) is 4.36. The number of aromatic nitrogens is 2. The summed E-state index contributed by atoms with van der Waals surface area (Å²) >= 11 is 0. The second kappa shape index (κ2) is 6.13. The number of furan rings is 1. The molecule has 0 aliphatic heterocycles. The van der Waals surface area contributed by atoms with Gasteiger partial charge in [-0.15, -0.1) is 0 Å². The monoisotopic (exact) mass is 276 g/mol. The van der Waals surface area contributed by atoms with Crippen LogP contribution in [-0.4, -0.2) is 22.9 Å². The molecule has 5 nitrogen and oxygen atoms in total. The molecule has 0 unspecified atom stereocenters. The summed E-state index contributed by atoms with van der Waals surface area (Å²) in [6.07, 6.45) is 1.71. The third-order valence-electron chi connectivity index (χ3n) is 3.33. The van der Waals surface area contributed by atoms with Gasteiger partial charge in [0, 0.05) is 32.2 Å². The summed E-state index contributed by atoms with van der Waals surface area (Å²) in [5.41, 5.74) is 2.32. The van der Waals surface area contributed by atoms with Crippen molar-refractivity contribution in [3.63, 3.8) is 0 Å². The van der Waals surface area contributed by atoms with Gasteiger partial charge >= 0.3 is 0 Å². The van der Waals surface area contributed by atoms with Crippen LogP contribution in [0.3, 0.4) is 0 Å². The van der Waals surface area contributed by atoms with Crippen LogP contribution in [0.1, 0.15) is 30.9 Å². The van der Waals surface area contributed by atoms with Crippen molar-refractivity contribution in [3.8, 4) is 0 Å². The Morgan fingerprint density at radius 2 is 2.20 bits per heavy atom. The number of rotatable bonds is 6. The lowest BCUT2D eigenvalue weighted by molar-refractivity contribution is 0.504. The molecule has 2 aromatic rings. The van der Waals surface area contributed by atoms with Crippen LogP contribution < -0.4 is 10.2 Å². The van der Waals surface area contributed by atoms with Crippen LogP contribution in [0.5, 0.6) is 0 Å². The average Bonchev–Trinajstić information content (AvgIpc) is 2.94. The minimum atomic E-state index is 0.456. The highest BCUT2D eigenvalue weighted by molar-refractivity contribution is 5.49. The fourth-order valence-electron chi connectivity index (χ4n) is 2.39. The molecule has 1 N–H and O–H groups in total. The van der Waals surface area contributed by atoms with E-state index in [4.69, 9.17) is 4.42 Å². The second-order valence-corrected chi connectivity index (χ2v) is 5.48. The van der Waals surface area contributed by atoms with Crippen molar-refractivity contribution < 1.29 is 4.42 Å². The maximum Gasteiger partial charge on any atom is 0.131 e. The third kappa shape index (κ3) is 3.22. The molecule has 0 aliphatic carbocycles. The molecule has 0 amide bonds. The summed E-state index contributed by atoms with van der Waals surface area (Å²) in [5, 5.41) is 8.01. The molecule has 2 heterocycles.